The third kappa shape index (κ3) is 5.40. The molecule has 1 aromatic rings. The Bertz CT molecular complexity index is 360. The second-order valence-electron chi connectivity index (χ2n) is 5.43. The Morgan fingerprint density at radius 3 is 2.24 bits per heavy atom. The van der Waals surface area contributed by atoms with Crippen LogP contribution >= 0.6 is 11.8 Å². The molecule has 0 fully saturated rings. The predicted octanol–water partition coefficient (Wildman–Crippen LogP) is 4.45. The highest BCUT2D eigenvalue weighted by atomic mass is 32.2. The highest BCUT2D eigenvalue weighted by Crippen LogP contribution is 2.26. The Morgan fingerprint density at radius 1 is 1.18 bits per heavy atom. The van der Waals surface area contributed by atoms with Gasteiger partial charge in [0.15, 0.2) is 0 Å². The van der Waals surface area contributed by atoms with Gasteiger partial charge in [0, 0.05) is 11.3 Å². The van der Waals surface area contributed by atoms with Crippen molar-refractivity contribution in [1.82, 2.24) is 0 Å². The summed E-state index contributed by atoms with van der Waals surface area (Å²) in [6.07, 6.45) is 1.67. The number of rotatable bonds is 5. The summed E-state index contributed by atoms with van der Waals surface area (Å²) in [5.74, 6) is 1.31. The van der Waals surface area contributed by atoms with Gasteiger partial charge in [-0.05, 0) is 42.2 Å². The van der Waals surface area contributed by atoms with Crippen LogP contribution in [0.1, 0.15) is 46.1 Å². The molecule has 0 N–H and O–H groups in total. The Kier molecular flexibility index (Phi) is 5.26. The molecule has 0 aliphatic rings. The average molecular weight is 250 g/mol. The molecule has 0 radical (unpaired) electrons. The highest BCUT2D eigenvalue weighted by molar-refractivity contribution is 7.99. The van der Waals surface area contributed by atoms with E-state index in [0.29, 0.717) is 6.42 Å². The normalized spacial score (nSPS) is 11.5. The summed E-state index contributed by atoms with van der Waals surface area (Å²) in [6.45, 7) is 8.33. The smallest absolute Gasteiger partial charge is 0.129 e. The van der Waals surface area contributed by atoms with E-state index in [1.807, 2.05) is 11.8 Å². The van der Waals surface area contributed by atoms with E-state index in [4.69, 9.17) is 0 Å². The summed E-state index contributed by atoms with van der Waals surface area (Å²) in [7, 11) is 0. The van der Waals surface area contributed by atoms with E-state index in [9.17, 15) is 4.79 Å². The summed E-state index contributed by atoms with van der Waals surface area (Å²) in [5, 5.41) is 0. The molecule has 1 rings (SSSR count). The quantitative estimate of drug-likeness (QED) is 0.567. The maximum atomic E-state index is 10.8. The van der Waals surface area contributed by atoms with Crippen molar-refractivity contribution in [3.63, 3.8) is 0 Å². The second-order valence-corrected chi connectivity index (χ2v) is 6.60. The molecule has 0 atom stereocenters. The van der Waals surface area contributed by atoms with Crippen molar-refractivity contribution < 1.29 is 4.79 Å². The molecule has 0 saturated heterocycles. The lowest BCUT2D eigenvalue weighted by molar-refractivity contribution is -0.117. The van der Waals surface area contributed by atoms with Crippen LogP contribution in [0.2, 0.25) is 0 Å². The van der Waals surface area contributed by atoms with Gasteiger partial charge < -0.3 is 4.79 Å². The van der Waals surface area contributed by atoms with E-state index in [2.05, 4.69) is 45.0 Å². The molecular weight excluding hydrogens is 228 g/mol. The second kappa shape index (κ2) is 6.25. The van der Waals surface area contributed by atoms with Crippen molar-refractivity contribution in [3.8, 4) is 0 Å². The first-order valence-electron chi connectivity index (χ1n) is 6.12. The van der Waals surface area contributed by atoms with Gasteiger partial charge in [0.1, 0.15) is 5.78 Å². The van der Waals surface area contributed by atoms with Crippen LogP contribution in [-0.2, 0) is 10.2 Å². The number of hydrogen-bond donors (Lipinski definition) is 0. The van der Waals surface area contributed by atoms with E-state index in [1.165, 1.54) is 10.5 Å². The standard InChI is InChI=1S/C15H22OS/c1-12(16)6-5-11-17-14-9-7-13(8-10-14)15(2,3)4/h7-10H,5-6,11H2,1-4H3. The van der Waals surface area contributed by atoms with Crippen LogP contribution in [0.15, 0.2) is 29.2 Å². The summed E-state index contributed by atoms with van der Waals surface area (Å²) in [4.78, 5) is 12.1. The molecule has 94 valence electrons. The highest BCUT2D eigenvalue weighted by Gasteiger charge is 2.12. The largest absolute Gasteiger partial charge is 0.300 e. The molecule has 0 spiro atoms. The number of carbonyl (C=O) groups is 1. The Balaban J connectivity index is 2.43. The zero-order valence-electron chi connectivity index (χ0n) is 11.2. The number of Topliss-reactive ketones (excluding diaryl/α,β-unsaturated/α-hetero) is 1. The molecule has 1 aromatic carbocycles. The van der Waals surface area contributed by atoms with E-state index in [1.54, 1.807) is 6.92 Å². The number of benzene rings is 1. The molecule has 0 aromatic heterocycles. The van der Waals surface area contributed by atoms with E-state index in [-0.39, 0.29) is 11.2 Å². The molecule has 1 nitrogen and oxygen atoms in total. The van der Waals surface area contributed by atoms with Gasteiger partial charge in [-0.2, -0.15) is 0 Å². The van der Waals surface area contributed by atoms with Gasteiger partial charge >= 0.3 is 0 Å². The molecule has 0 bridgehead atoms. The van der Waals surface area contributed by atoms with Gasteiger partial charge in [-0.1, -0.05) is 32.9 Å². The molecule has 0 aliphatic carbocycles. The summed E-state index contributed by atoms with van der Waals surface area (Å²) < 4.78 is 0. The fraction of sp³-hybridized carbons (Fsp3) is 0.533. The first kappa shape index (κ1) is 14.3. The molecule has 0 aliphatic heterocycles. The summed E-state index contributed by atoms with van der Waals surface area (Å²) in [5.41, 5.74) is 1.59. The third-order valence-corrected chi connectivity index (χ3v) is 3.76. The fourth-order valence-electron chi connectivity index (χ4n) is 1.56. The molecule has 0 saturated carbocycles. The van der Waals surface area contributed by atoms with Crippen LogP contribution in [0.5, 0.6) is 0 Å². The molecule has 0 amide bonds. The van der Waals surface area contributed by atoms with Crippen LogP contribution in [0.4, 0.5) is 0 Å². The lowest BCUT2D eigenvalue weighted by atomic mass is 9.87. The van der Waals surface area contributed by atoms with E-state index < -0.39 is 0 Å². The molecule has 2 heteroatoms. The third-order valence-electron chi connectivity index (χ3n) is 2.66. The van der Waals surface area contributed by atoms with E-state index in [0.717, 1.165) is 12.2 Å². The van der Waals surface area contributed by atoms with Gasteiger partial charge in [0.05, 0.1) is 0 Å². The zero-order chi connectivity index (χ0) is 12.9. The molecule has 0 heterocycles. The summed E-state index contributed by atoms with van der Waals surface area (Å²) >= 11 is 1.83. The first-order valence-corrected chi connectivity index (χ1v) is 7.11. The van der Waals surface area contributed by atoms with Crippen LogP contribution in [-0.4, -0.2) is 11.5 Å². The first-order chi connectivity index (χ1) is 7.89. The monoisotopic (exact) mass is 250 g/mol. The predicted molar refractivity (Wildman–Crippen MR) is 75.8 cm³/mol. The van der Waals surface area contributed by atoms with Crippen molar-refractivity contribution in [1.29, 1.82) is 0 Å². The minimum atomic E-state index is 0.220. The van der Waals surface area contributed by atoms with E-state index >= 15 is 0 Å². The van der Waals surface area contributed by atoms with Gasteiger partial charge in [-0.3, -0.25) is 0 Å². The van der Waals surface area contributed by atoms with Gasteiger partial charge in [0.25, 0.3) is 0 Å². The Hall–Kier alpha value is -0.760. The summed E-state index contributed by atoms with van der Waals surface area (Å²) in [6, 6.07) is 8.76. The number of thioether (sulfide) groups is 1. The molecular formula is C15H22OS. The molecule has 0 unspecified atom stereocenters. The van der Waals surface area contributed by atoms with Gasteiger partial charge in [-0.25, -0.2) is 0 Å². The SMILES string of the molecule is CC(=O)CCCSc1ccc(C(C)(C)C)cc1. The maximum Gasteiger partial charge on any atom is 0.129 e. The maximum absolute atomic E-state index is 10.8. The Labute approximate surface area is 109 Å². The number of ketones is 1. The topological polar surface area (TPSA) is 17.1 Å². The van der Waals surface area contributed by atoms with Crippen molar-refractivity contribution in [2.75, 3.05) is 5.75 Å². The number of carbonyl (C=O) groups excluding carboxylic acids is 1. The minimum absolute atomic E-state index is 0.220. The van der Waals surface area contributed by atoms with Gasteiger partial charge in [-0.15, -0.1) is 11.8 Å². The van der Waals surface area contributed by atoms with Crippen molar-refractivity contribution >= 4 is 17.5 Å². The van der Waals surface area contributed by atoms with Crippen LogP contribution in [0.3, 0.4) is 0 Å². The van der Waals surface area contributed by atoms with Gasteiger partial charge in [0.2, 0.25) is 0 Å². The minimum Gasteiger partial charge on any atom is -0.300 e. The zero-order valence-corrected chi connectivity index (χ0v) is 12.1. The lowest BCUT2D eigenvalue weighted by Gasteiger charge is -2.19. The fourth-order valence-corrected chi connectivity index (χ4v) is 2.42. The van der Waals surface area contributed by atoms with Crippen molar-refractivity contribution in [2.24, 2.45) is 0 Å². The lowest BCUT2D eigenvalue weighted by Crippen LogP contribution is -2.10. The van der Waals surface area contributed by atoms with Crippen LogP contribution < -0.4 is 0 Å². The molecule has 17 heavy (non-hydrogen) atoms. The van der Waals surface area contributed by atoms with Crippen LogP contribution in [0.25, 0.3) is 0 Å². The average Bonchev–Trinajstić information content (AvgIpc) is 2.23. The van der Waals surface area contributed by atoms with Crippen molar-refractivity contribution in [2.45, 2.75) is 50.8 Å². The number of hydrogen-bond acceptors (Lipinski definition) is 2. The van der Waals surface area contributed by atoms with Crippen LogP contribution in [0, 0.1) is 0 Å². The van der Waals surface area contributed by atoms with Crippen molar-refractivity contribution in [3.05, 3.63) is 29.8 Å². The Morgan fingerprint density at radius 2 is 1.76 bits per heavy atom.